The summed E-state index contributed by atoms with van der Waals surface area (Å²) in [5.41, 5.74) is 4.86. The van der Waals surface area contributed by atoms with Crippen molar-refractivity contribution in [2.24, 2.45) is 5.10 Å². The van der Waals surface area contributed by atoms with Gasteiger partial charge < -0.3 is 10.1 Å². The van der Waals surface area contributed by atoms with Crippen molar-refractivity contribution in [3.63, 3.8) is 0 Å². The number of hydrazone groups is 1. The van der Waals surface area contributed by atoms with E-state index in [0.717, 1.165) is 11.1 Å². The van der Waals surface area contributed by atoms with Crippen molar-refractivity contribution in [3.8, 4) is 5.75 Å². The van der Waals surface area contributed by atoms with Gasteiger partial charge in [0.15, 0.2) is 0 Å². The summed E-state index contributed by atoms with van der Waals surface area (Å²) in [5.74, 6) is -1.06. The third-order valence-corrected chi connectivity index (χ3v) is 3.63. The summed E-state index contributed by atoms with van der Waals surface area (Å²) < 4.78 is 5.04. The fourth-order valence-electron chi connectivity index (χ4n) is 1.95. The quantitative estimate of drug-likeness (QED) is 0.489. The van der Waals surface area contributed by atoms with Crippen LogP contribution in [0.25, 0.3) is 0 Å². The molecule has 2 N–H and O–H groups in total. The number of halogens is 1. The zero-order chi connectivity index (χ0) is 18.2. The van der Waals surface area contributed by atoms with Crippen molar-refractivity contribution in [3.05, 3.63) is 64.2 Å². The number of amides is 2. The molecular weight excluding hydrogens is 342 g/mol. The van der Waals surface area contributed by atoms with Crippen LogP contribution in [0.3, 0.4) is 0 Å². The highest BCUT2D eigenvalue weighted by atomic mass is 35.5. The Labute approximate surface area is 150 Å². The summed E-state index contributed by atoms with van der Waals surface area (Å²) in [6, 6.07) is 12.7. The molecular formula is C18H18ClN3O3. The van der Waals surface area contributed by atoms with Gasteiger partial charge in [0.1, 0.15) is 5.75 Å². The molecule has 0 fully saturated rings. The summed E-state index contributed by atoms with van der Waals surface area (Å²) in [6.45, 7) is 2.24. The molecule has 0 saturated carbocycles. The van der Waals surface area contributed by atoms with E-state index in [4.69, 9.17) is 16.3 Å². The molecule has 130 valence electrons. The second kappa shape index (κ2) is 8.84. The average Bonchev–Trinajstić information content (AvgIpc) is 2.61. The normalized spacial score (nSPS) is 10.5. The van der Waals surface area contributed by atoms with Gasteiger partial charge in [-0.2, -0.15) is 5.10 Å². The van der Waals surface area contributed by atoms with E-state index in [1.165, 1.54) is 13.3 Å². The number of nitrogens with one attached hydrogen (secondary N) is 2. The number of carbonyl (C=O) groups excluding carboxylic acids is 2. The Balaban J connectivity index is 1.83. The standard InChI is InChI=1S/C18H18ClN3O3/c1-12-3-5-13(6-4-12)10-20-17(23)18(24)22-21-11-14-7-8-16(25-2)15(19)9-14/h3-9,11H,10H2,1-2H3,(H,20,23)(H,22,24)/b21-11-. The first-order valence-electron chi connectivity index (χ1n) is 7.50. The maximum absolute atomic E-state index is 11.7. The Morgan fingerprint density at radius 1 is 1.16 bits per heavy atom. The molecule has 0 saturated heterocycles. The average molecular weight is 360 g/mol. The first kappa shape index (κ1) is 18.5. The third kappa shape index (κ3) is 5.61. The largest absolute Gasteiger partial charge is 0.495 e. The second-order valence-corrected chi connectivity index (χ2v) is 5.67. The van der Waals surface area contributed by atoms with Gasteiger partial charge in [0.05, 0.1) is 18.3 Å². The molecule has 0 heterocycles. The van der Waals surface area contributed by atoms with Crippen molar-refractivity contribution in [2.75, 3.05) is 7.11 Å². The molecule has 0 bridgehead atoms. The van der Waals surface area contributed by atoms with Gasteiger partial charge in [-0.05, 0) is 36.2 Å². The van der Waals surface area contributed by atoms with Gasteiger partial charge in [-0.25, -0.2) is 5.43 Å². The molecule has 2 aromatic carbocycles. The highest BCUT2D eigenvalue weighted by Gasteiger charge is 2.11. The van der Waals surface area contributed by atoms with Gasteiger partial charge in [-0.15, -0.1) is 0 Å². The number of benzene rings is 2. The number of nitrogens with zero attached hydrogens (tertiary/aromatic N) is 1. The molecule has 2 rings (SSSR count). The minimum absolute atomic E-state index is 0.268. The summed E-state index contributed by atoms with van der Waals surface area (Å²) in [6.07, 6.45) is 1.39. The Morgan fingerprint density at radius 2 is 1.88 bits per heavy atom. The van der Waals surface area contributed by atoms with Gasteiger partial charge in [0.2, 0.25) is 0 Å². The fraction of sp³-hybridized carbons (Fsp3) is 0.167. The summed E-state index contributed by atoms with van der Waals surface area (Å²) >= 11 is 5.99. The molecule has 0 aliphatic heterocycles. The Bertz CT molecular complexity index is 789. The zero-order valence-corrected chi connectivity index (χ0v) is 14.6. The molecule has 0 atom stereocenters. The Kier molecular flexibility index (Phi) is 6.54. The number of rotatable bonds is 5. The molecule has 0 aliphatic carbocycles. The maximum Gasteiger partial charge on any atom is 0.329 e. The lowest BCUT2D eigenvalue weighted by Crippen LogP contribution is -2.37. The molecule has 2 amide bonds. The predicted molar refractivity (Wildman–Crippen MR) is 96.8 cm³/mol. The molecule has 6 nitrogen and oxygen atoms in total. The molecule has 0 unspecified atom stereocenters. The van der Waals surface area contributed by atoms with Gasteiger partial charge in [-0.1, -0.05) is 41.4 Å². The fourth-order valence-corrected chi connectivity index (χ4v) is 2.21. The summed E-state index contributed by atoms with van der Waals surface area (Å²) in [7, 11) is 1.52. The first-order valence-corrected chi connectivity index (χ1v) is 7.87. The molecule has 7 heteroatoms. The highest BCUT2D eigenvalue weighted by molar-refractivity contribution is 6.35. The lowest BCUT2D eigenvalue weighted by atomic mass is 10.1. The van der Waals surface area contributed by atoms with E-state index in [1.807, 2.05) is 31.2 Å². The van der Waals surface area contributed by atoms with Crippen molar-refractivity contribution in [1.82, 2.24) is 10.7 Å². The molecule has 0 radical (unpaired) electrons. The lowest BCUT2D eigenvalue weighted by Gasteiger charge is -2.05. The van der Waals surface area contributed by atoms with Gasteiger partial charge >= 0.3 is 11.8 Å². The van der Waals surface area contributed by atoms with Crippen LogP contribution in [-0.2, 0) is 16.1 Å². The minimum Gasteiger partial charge on any atom is -0.495 e. The third-order valence-electron chi connectivity index (χ3n) is 3.34. The summed E-state index contributed by atoms with van der Waals surface area (Å²) in [4.78, 5) is 23.4. The number of ether oxygens (including phenoxy) is 1. The minimum atomic E-state index is -0.844. The Hall–Kier alpha value is -2.86. The van der Waals surface area contributed by atoms with Crippen molar-refractivity contribution in [1.29, 1.82) is 0 Å². The van der Waals surface area contributed by atoms with Crippen LogP contribution in [0.5, 0.6) is 5.75 Å². The van der Waals surface area contributed by atoms with E-state index >= 15 is 0 Å². The van der Waals surface area contributed by atoms with Crippen molar-refractivity contribution < 1.29 is 14.3 Å². The smallest absolute Gasteiger partial charge is 0.329 e. The SMILES string of the molecule is COc1ccc(/C=N\NC(=O)C(=O)NCc2ccc(C)cc2)cc1Cl. The van der Waals surface area contributed by atoms with Gasteiger partial charge in [-0.3, -0.25) is 9.59 Å². The number of carbonyl (C=O) groups is 2. The molecule has 0 aliphatic rings. The highest BCUT2D eigenvalue weighted by Crippen LogP contribution is 2.24. The zero-order valence-electron chi connectivity index (χ0n) is 13.9. The second-order valence-electron chi connectivity index (χ2n) is 5.26. The lowest BCUT2D eigenvalue weighted by molar-refractivity contribution is -0.139. The van der Waals surface area contributed by atoms with E-state index in [1.54, 1.807) is 18.2 Å². The van der Waals surface area contributed by atoms with Crippen LogP contribution in [0.1, 0.15) is 16.7 Å². The van der Waals surface area contributed by atoms with Crippen LogP contribution in [0, 0.1) is 6.92 Å². The van der Waals surface area contributed by atoms with Crippen LogP contribution in [-0.4, -0.2) is 25.1 Å². The molecule has 25 heavy (non-hydrogen) atoms. The van der Waals surface area contributed by atoms with Crippen LogP contribution < -0.4 is 15.5 Å². The van der Waals surface area contributed by atoms with Crippen LogP contribution in [0.4, 0.5) is 0 Å². The predicted octanol–water partition coefficient (Wildman–Crippen LogP) is 2.42. The first-order chi connectivity index (χ1) is 12.0. The van der Waals surface area contributed by atoms with Crippen LogP contribution >= 0.6 is 11.6 Å². The van der Waals surface area contributed by atoms with E-state index in [9.17, 15) is 9.59 Å². The summed E-state index contributed by atoms with van der Waals surface area (Å²) in [5, 5.41) is 6.69. The van der Waals surface area contributed by atoms with Crippen LogP contribution in [0.15, 0.2) is 47.6 Å². The number of hydrogen-bond donors (Lipinski definition) is 2. The van der Waals surface area contributed by atoms with Crippen molar-refractivity contribution in [2.45, 2.75) is 13.5 Å². The van der Waals surface area contributed by atoms with Gasteiger partial charge in [0.25, 0.3) is 0 Å². The van der Waals surface area contributed by atoms with E-state index in [-0.39, 0.29) is 6.54 Å². The monoisotopic (exact) mass is 359 g/mol. The number of aryl methyl sites for hydroxylation is 1. The maximum atomic E-state index is 11.7. The Morgan fingerprint density at radius 3 is 2.52 bits per heavy atom. The van der Waals surface area contributed by atoms with E-state index < -0.39 is 11.8 Å². The van der Waals surface area contributed by atoms with E-state index in [0.29, 0.717) is 16.3 Å². The molecule has 0 spiro atoms. The van der Waals surface area contributed by atoms with E-state index in [2.05, 4.69) is 15.8 Å². The van der Waals surface area contributed by atoms with Gasteiger partial charge in [0, 0.05) is 6.54 Å². The topological polar surface area (TPSA) is 79.8 Å². The van der Waals surface area contributed by atoms with Crippen molar-refractivity contribution >= 4 is 29.6 Å². The van der Waals surface area contributed by atoms with Crippen LogP contribution in [0.2, 0.25) is 5.02 Å². The molecule has 2 aromatic rings. The molecule has 0 aromatic heterocycles. The number of hydrogen-bond acceptors (Lipinski definition) is 4. The number of methoxy groups -OCH3 is 1.